The second-order valence-corrected chi connectivity index (χ2v) is 8.73. The molecule has 4 rings (SSSR count). The lowest BCUT2D eigenvalue weighted by Gasteiger charge is -2.38. The van der Waals surface area contributed by atoms with E-state index in [4.69, 9.17) is 9.47 Å². The molecule has 2 aliphatic rings. The summed E-state index contributed by atoms with van der Waals surface area (Å²) in [5.41, 5.74) is 2.40. The van der Waals surface area contributed by atoms with Crippen molar-refractivity contribution in [3.8, 4) is 11.5 Å². The van der Waals surface area contributed by atoms with Crippen LogP contribution < -0.4 is 14.8 Å². The number of hydrogen-bond acceptors (Lipinski definition) is 5. The summed E-state index contributed by atoms with van der Waals surface area (Å²) >= 11 is 3.58. The third-order valence-corrected chi connectivity index (χ3v) is 5.98. The highest BCUT2D eigenvalue weighted by Gasteiger charge is 2.42. The third-order valence-electron chi connectivity index (χ3n) is 5.39. The maximum absolute atomic E-state index is 13.3. The Bertz CT molecular complexity index is 1010. The molecular formula is C23H26BrN3O4. The van der Waals surface area contributed by atoms with Crippen molar-refractivity contribution < 1.29 is 19.1 Å². The molecule has 31 heavy (non-hydrogen) atoms. The van der Waals surface area contributed by atoms with Crippen LogP contribution >= 0.6 is 15.9 Å². The van der Waals surface area contributed by atoms with Crippen LogP contribution in [0.5, 0.6) is 11.5 Å². The van der Waals surface area contributed by atoms with Crippen LogP contribution in [0.4, 0.5) is 5.69 Å². The highest BCUT2D eigenvalue weighted by Crippen LogP contribution is 2.44. The van der Waals surface area contributed by atoms with Crippen LogP contribution in [0.2, 0.25) is 0 Å². The van der Waals surface area contributed by atoms with Crippen LogP contribution in [0.25, 0.3) is 0 Å². The summed E-state index contributed by atoms with van der Waals surface area (Å²) < 4.78 is 12.3. The quantitative estimate of drug-likeness (QED) is 0.637. The second kappa shape index (κ2) is 8.78. The molecule has 0 unspecified atom stereocenters. The fourth-order valence-electron chi connectivity index (χ4n) is 3.65. The Morgan fingerprint density at radius 2 is 1.97 bits per heavy atom. The van der Waals surface area contributed by atoms with E-state index in [0.717, 1.165) is 24.1 Å². The number of carbonyl (C=O) groups excluding carboxylic acids is 2. The average Bonchev–Trinajstić information content (AvgIpc) is 3.58. The molecule has 1 heterocycles. The van der Waals surface area contributed by atoms with Gasteiger partial charge in [0.1, 0.15) is 6.17 Å². The van der Waals surface area contributed by atoms with E-state index >= 15 is 0 Å². The van der Waals surface area contributed by atoms with E-state index in [1.165, 1.54) is 4.90 Å². The minimum atomic E-state index is -0.317. The van der Waals surface area contributed by atoms with Crippen molar-refractivity contribution in [3.63, 3.8) is 0 Å². The monoisotopic (exact) mass is 487 g/mol. The van der Waals surface area contributed by atoms with Crippen LogP contribution in [0.1, 0.15) is 41.9 Å². The first-order valence-electron chi connectivity index (χ1n) is 10.4. The fourth-order valence-corrected chi connectivity index (χ4v) is 4.23. The van der Waals surface area contributed by atoms with E-state index in [9.17, 15) is 9.59 Å². The number of amides is 2. The van der Waals surface area contributed by atoms with Gasteiger partial charge in [-0.3, -0.25) is 9.59 Å². The number of nitrogens with one attached hydrogen (secondary N) is 1. The Kier molecular flexibility index (Phi) is 6.09. The van der Waals surface area contributed by atoms with Crippen molar-refractivity contribution in [2.75, 3.05) is 32.6 Å². The Hall–Kier alpha value is -2.74. The topological polar surface area (TPSA) is 71.1 Å². The number of carbonyl (C=O) groups is 2. The molecule has 0 aromatic heterocycles. The van der Waals surface area contributed by atoms with Crippen LogP contribution in [-0.4, -0.2) is 55.0 Å². The van der Waals surface area contributed by atoms with Gasteiger partial charge in [-0.25, -0.2) is 0 Å². The van der Waals surface area contributed by atoms with E-state index < -0.39 is 0 Å². The zero-order chi connectivity index (χ0) is 22.1. The molecule has 0 saturated heterocycles. The number of anilines is 1. The SMILES string of the molecule is CCOc1cc([C@H]2Nc3ccccc3C(=O)N2C2CC2)cc(Br)c1OCC(=O)N(C)C. The van der Waals surface area contributed by atoms with Crippen LogP contribution in [0.15, 0.2) is 40.9 Å². The van der Waals surface area contributed by atoms with Gasteiger partial charge in [-0.15, -0.1) is 0 Å². The number of likely N-dealkylation sites (N-methyl/N-ethyl adjacent to an activating group) is 1. The number of fused-ring (bicyclic) bond motifs is 1. The van der Waals surface area contributed by atoms with Gasteiger partial charge in [-0.1, -0.05) is 12.1 Å². The second-order valence-electron chi connectivity index (χ2n) is 7.88. The average molecular weight is 488 g/mol. The van der Waals surface area contributed by atoms with E-state index in [0.29, 0.717) is 28.1 Å². The molecule has 1 aliphatic carbocycles. The molecule has 1 aliphatic heterocycles. The molecular weight excluding hydrogens is 462 g/mol. The first-order valence-corrected chi connectivity index (χ1v) is 11.2. The summed E-state index contributed by atoms with van der Waals surface area (Å²) in [6.07, 6.45) is 1.68. The smallest absolute Gasteiger partial charge is 0.259 e. The van der Waals surface area contributed by atoms with Crippen molar-refractivity contribution in [3.05, 3.63) is 52.0 Å². The van der Waals surface area contributed by atoms with Gasteiger partial charge < -0.3 is 24.6 Å². The Balaban J connectivity index is 1.70. The molecule has 2 aromatic carbocycles. The number of halogens is 1. The molecule has 7 nitrogen and oxygen atoms in total. The number of rotatable bonds is 7. The molecule has 2 aromatic rings. The summed E-state index contributed by atoms with van der Waals surface area (Å²) in [6, 6.07) is 11.6. The highest BCUT2D eigenvalue weighted by molar-refractivity contribution is 9.10. The summed E-state index contributed by atoms with van der Waals surface area (Å²) in [4.78, 5) is 28.6. The van der Waals surface area contributed by atoms with Crippen molar-refractivity contribution in [1.29, 1.82) is 0 Å². The van der Waals surface area contributed by atoms with Gasteiger partial charge in [0.2, 0.25) is 0 Å². The van der Waals surface area contributed by atoms with Gasteiger partial charge in [-0.05, 0) is 65.5 Å². The molecule has 1 fully saturated rings. The molecule has 1 atom stereocenters. The maximum atomic E-state index is 13.3. The fraction of sp³-hybridized carbons (Fsp3) is 0.391. The first-order chi connectivity index (χ1) is 14.9. The molecule has 1 saturated carbocycles. The summed E-state index contributed by atoms with van der Waals surface area (Å²) in [6.45, 7) is 2.25. The van der Waals surface area contributed by atoms with Crippen molar-refractivity contribution >= 4 is 33.4 Å². The Morgan fingerprint density at radius 1 is 1.23 bits per heavy atom. The normalized spacial score (nSPS) is 17.6. The van der Waals surface area contributed by atoms with Crippen molar-refractivity contribution in [2.24, 2.45) is 0 Å². The van der Waals surface area contributed by atoms with E-state index in [-0.39, 0.29) is 30.6 Å². The molecule has 0 spiro atoms. The lowest BCUT2D eigenvalue weighted by Crippen LogP contribution is -2.44. The van der Waals surface area contributed by atoms with E-state index in [1.807, 2.05) is 48.2 Å². The minimum absolute atomic E-state index is 0.0350. The van der Waals surface area contributed by atoms with Crippen molar-refractivity contribution in [2.45, 2.75) is 32.0 Å². The predicted octanol–water partition coefficient (Wildman–Crippen LogP) is 4.04. The number of para-hydroxylation sites is 1. The summed E-state index contributed by atoms with van der Waals surface area (Å²) in [5.74, 6) is 0.894. The van der Waals surface area contributed by atoms with Crippen LogP contribution in [-0.2, 0) is 4.79 Å². The zero-order valence-corrected chi connectivity index (χ0v) is 19.4. The standard InChI is InChI=1S/C23H26BrN3O4/c1-4-30-19-12-14(11-17(24)21(19)31-13-20(28)26(2)3)22-25-18-8-6-5-7-16(18)23(29)27(22)15-9-10-15/h5-8,11-12,15,22,25H,4,9-10,13H2,1-3H3/t22-/m0/s1. The molecule has 164 valence electrons. The molecule has 0 bridgehead atoms. The van der Waals surface area contributed by atoms with Gasteiger partial charge in [0.05, 0.1) is 16.6 Å². The summed E-state index contributed by atoms with van der Waals surface area (Å²) in [5, 5.41) is 3.52. The van der Waals surface area contributed by atoms with Gasteiger partial charge >= 0.3 is 0 Å². The van der Waals surface area contributed by atoms with Gasteiger partial charge in [0.25, 0.3) is 11.8 Å². The Morgan fingerprint density at radius 3 is 2.65 bits per heavy atom. The minimum Gasteiger partial charge on any atom is -0.490 e. The number of nitrogens with zero attached hydrogens (tertiary/aromatic N) is 2. The lowest BCUT2D eigenvalue weighted by atomic mass is 10.0. The lowest BCUT2D eigenvalue weighted by molar-refractivity contribution is -0.130. The first kappa shape index (κ1) is 21.5. The number of hydrogen-bond donors (Lipinski definition) is 1. The van der Waals surface area contributed by atoms with Gasteiger partial charge in [0.15, 0.2) is 18.1 Å². The van der Waals surface area contributed by atoms with Gasteiger partial charge in [-0.2, -0.15) is 0 Å². The van der Waals surface area contributed by atoms with Gasteiger partial charge in [0, 0.05) is 25.8 Å². The molecule has 2 amide bonds. The summed E-state index contributed by atoms with van der Waals surface area (Å²) in [7, 11) is 3.37. The Labute approximate surface area is 190 Å². The van der Waals surface area contributed by atoms with Crippen LogP contribution in [0.3, 0.4) is 0 Å². The molecule has 1 N–H and O–H groups in total. The zero-order valence-electron chi connectivity index (χ0n) is 17.9. The highest BCUT2D eigenvalue weighted by atomic mass is 79.9. The van der Waals surface area contributed by atoms with E-state index in [1.54, 1.807) is 14.1 Å². The number of benzene rings is 2. The molecule has 0 radical (unpaired) electrons. The maximum Gasteiger partial charge on any atom is 0.259 e. The van der Waals surface area contributed by atoms with E-state index in [2.05, 4.69) is 21.2 Å². The van der Waals surface area contributed by atoms with Crippen molar-refractivity contribution in [1.82, 2.24) is 9.80 Å². The molecule has 8 heteroatoms. The number of ether oxygens (including phenoxy) is 2. The largest absolute Gasteiger partial charge is 0.490 e. The predicted molar refractivity (Wildman–Crippen MR) is 121 cm³/mol. The third kappa shape index (κ3) is 4.35. The van der Waals surface area contributed by atoms with Crippen LogP contribution in [0, 0.1) is 0 Å².